The molecule has 1 saturated heterocycles. The van der Waals surface area contributed by atoms with Crippen LogP contribution in [0.2, 0.25) is 0 Å². The van der Waals surface area contributed by atoms with Crippen LogP contribution in [0.1, 0.15) is 45.9 Å². The summed E-state index contributed by atoms with van der Waals surface area (Å²) in [6.07, 6.45) is -1.46. The summed E-state index contributed by atoms with van der Waals surface area (Å²) in [5.74, 6) is -0.671. The second-order valence-corrected chi connectivity index (χ2v) is 14.0. The second-order valence-electron chi connectivity index (χ2n) is 14.0. The first-order chi connectivity index (χ1) is 26.3. The van der Waals surface area contributed by atoms with Gasteiger partial charge in [-0.2, -0.15) is 13.2 Å². The summed E-state index contributed by atoms with van der Waals surface area (Å²) < 4.78 is 45.6. The summed E-state index contributed by atoms with van der Waals surface area (Å²) in [6.45, 7) is 9.43. The van der Waals surface area contributed by atoms with E-state index in [-0.39, 0.29) is 31.4 Å². The summed E-state index contributed by atoms with van der Waals surface area (Å²) in [4.78, 5) is 47.6. The Balaban J connectivity index is 1.38. The number of carbonyl (C=O) groups is 3. The number of benzene rings is 4. The van der Waals surface area contributed by atoms with Crippen LogP contribution in [0.5, 0.6) is 0 Å². The SMILES string of the molecule is CC(=O)N1CCN(c2ccc(CN(C(=O)C=Cc3ccc(C(F)(F)F)cc3)C(Cc3ccccc3)C(=O)N(C)CCOCc3ccc(C)cc3C)cc2)CC1. The second kappa shape index (κ2) is 18.8. The van der Waals surface area contributed by atoms with Gasteiger partial charge in [0.05, 0.1) is 18.8 Å². The van der Waals surface area contributed by atoms with E-state index >= 15 is 0 Å². The third-order valence-corrected chi connectivity index (χ3v) is 9.95. The standard InChI is InChI=1S/C44H49F3N4O4/c1-32-10-16-38(33(2)28-32)31-55-27-26-48(4)43(54)41(29-36-8-6-5-7-9-36)51(42(53)21-15-35-11-17-39(18-12-35)44(45,46)47)30-37-13-19-40(20-14-37)50-24-22-49(23-25-50)34(3)52/h5-21,28,41H,22-27,29-31H2,1-4H3. The van der Waals surface area contributed by atoms with Crippen LogP contribution in [0.15, 0.2) is 103 Å². The van der Waals surface area contributed by atoms with Gasteiger partial charge in [-0.25, -0.2) is 0 Å². The van der Waals surface area contributed by atoms with Gasteiger partial charge in [-0.3, -0.25) is 14.4 Å². The molecule has 1 aliphatic rings. The van der Waals surface area contributed by atoms with Crippen molar-refractivity contribution in [2.45, 2.75) is 52.6 Å². The van der Waals surface area contributed by atoms with Crippen LogP contribution >= 0.6 is 0 Å². The monoisotopic (exact) mass is 754 g/mol. The lowest BCUT2D eigenvalue weighted by atomic mass is 10.0. The Morgan fingerprint density at radius 2 is 1.53 bits per heavy atom. The fourth-order valence-corrected chi connectivity index (χ4v) is 6.60. The fourth-order valence-electron chi connectivity index (χ4n) is 6.60. The number of alkyl halides is 3. The molecule has 1 unspecified atom stereocenters. The summed E-state index contributed by atoms with van der Waals surface area (Å²) in [5.41, 5.74) is 5.67. The molecular formula is C44H49F3N4O4. The highest BCUT2D eigenvalue weighted by molar-refractivity contribution is 5.95. The Labute approximate surface area is 321 Å². The lowest BCUT2D eigenvalue weighted by Gasteiger charge is -2.36. The van der Waals surface area contributed by atoms with Crippen LogP contribution in [0.4, 0.5) is 18.9 Å². The number of carbonyl (C=O) groups excluding carboxylic acids is 3. The number of piperazine rings is 1. The van der Waals surface area contributed by atoms with Crippen LogP contribution in [-0.4, -0.2) is 84.8 Å². The Morgan fingerprint density at radius 1 is 0.855 bits per heavy atom. The maximum atomic E-state index is 14.4. The number of rotatable bonds is 14. The number of likely N-dealkylation sites (N-methyl/N-ethyl adjacent to an activating group) is 1. The van der Waals surface area contributed by atoms with Gasteiger partial charge < -0.3 is 24.3 Å². The average Bonchev–Trinajstić information content (AvgIpc) is 3.17. The van der Waals surface area contributed by atoms with E-state index in [1.54, 1.807) is 18.9 Å². The number of anilines is 1. The first kappa shape index (κ1) is 40.8. The molecule has 8 nitrogen and oxygen atoms in total. The molecule has 0 spiro atoms. The van der Waals surface area contributed by atoms with E-state index in [1.165, 1.54) is 34.7 Å². The molecule has 11 heteroatoms. The highest BCUT2D eigenvalue weighted by Crippen LogP contribution is 2.29. The maximum absolute atomic E-state index is 14.4. The molecule has 0 N–H and O–H groups in total. The summed E-state index contributed by atoms with van der Waals surface area (Å²) in [7, 11) is 1.70. The number of hydrogen-bond acceptors (Lipinski definition) is 5. The number of halogens is 3. The molecule has 0 radical (unpaired) electrons. The smallest absolute Gasteiger partial charge is 0.375 e. The van der Waals surface area contributed by atoms with Crippen LogP contribution in [-0.2, 0) is 44.9 Å². The molecule has 4 aromatic rings. The van der Waals surface area contributed by atoms with Gasteiger partial charge in [-0.15, -0.1) is 0 Å². The van der Waals surface area contributed by atoms with Crippen molar-refractivity contribution in [1.82, 2.24) is 14.7 Å². The molecule has 290 valence electrons. The number of aryl methyl sites for hydroxylation is 2. The first-order valence-electron chi connectivity index (χ1n) is 18.5. The van der Waals surface area contributed by atoms with Crippen LogP contribution in [0.3, 0.4) is 0 Å². The van der Waals surface area contributed by atoms with Gasteiger partial charge in [0.15, 0.2) is 0 Å². The summed E-state index contributed by atoms with van der Waals surface area (Å²) >= 11 is 0. The molecule has 3 amide bonds. The zero-order chi connectivity index (χ0) is 39.5. The van der Waals surface area contributed by atoms with Crippen molar-refractivity contribution in [3.63, 3.8) is 0 Å². The lowest BCUT2D eigenvalue weighted by Crippen LogP contribution is -2.51. The molecule has 1 aliphatic heterocycles. The van der Waals surface area contributed by atoms with E-state index in [1.807, 2.05) is 85.5 Å². The maximum Gasteiger partial charge on any atom is 0.416 e. The molecule has 1 fully saturated rings. The van der Waals surface area contributed by atoms with Crippen LogP contribution in [0, 0.1) is 13.8 Å². The van der Waals surface area contributed by atoms with Crippen molar-refractivity contribution in [3.8, 4) is 0 Å². The Hall–Kier alpha value is -5.42. The highest BCUT2D eigenvalue weighted by Gasteiger charge is 2.32. The van der Waals surface area contributed by atoms with Crippen molar-refractivity contribution in [3.05, 3.63) is 142 Å². The van der Waals surface area contributed by atoms with Gasteiger partial charge >= 0.3 is 6.18 Å². The zero-order valence-corrected chi connectivity index (χ0v) is 31.9. The Morgan fingerprint density at radius 3 is 2.15 bits per heavy atom. The predicted octanol–water partition coefficient (Wildman–Crippen LogP) is 7.32. The highest BCUT2D eigenvalue weighted by atomic mass is 19.4. The zero-order valence-electron chi connectivity index (χ0n) is 31.9. The molecule has 1 atom stereocenters. The van der Waals surface area contributed by atoms with Crippen molar-refractivity contribution < 1.29 is 32.3 Å². The fraction of sp³-hybridized carbons (Fsp3) is 0.341. The minimum Gasteiger partial charge on any atom is -0.375 e. The van der Waals surface area contributed by atoms with E-state index < -0.39 is 23.7 Å². The molecule has 0 aromatic heterocycles. The molecule has 0 saturated carbocycles. The van der Waals surface area contributed by atoms with Gasteiger partial charge in [-0.1, -0.05) is 78.4 Å². The summed E-state index contributed by atoms with van der Waals surface area (Å²) in [5, 5.41) is 0. The van der Waals surface area contributed by atoms with E-state index in [4.69, 9.17) is 4.74 Å². The minimum atomic E-state index is -4.48. The number of nitrogens with zero attached hydrogens (tertiary/aromatic N) is 4. The molecule has 55 heavy (non-hydrogen) atoms. The molecule has 0 bridgehead atoms. The number of amides is 3. The van der Waals surface area contributed by atoms with Gasteiger partial charge in [0.25, 0.3) is 0 Å². The quantitative estimate of drug-likeness (QED) is 0.0998. The third kappa shape index (κ3) is 11.5. The normalized spacial score (nSPS) is 13.9. The van der Waals surface area contributed by atoms with Gasteiger partial charge in [0, 0.05) is 71.4 Å². The molecule has 4 aromatic carbocycles. The van der Waals surface area contributed by atoms with Crippen molar-refractivity contribution in [2.75, 3.05) is 51.3 Å². The number of ether oxygens (including phenoxy) is 1. The van der Waals surface area contributed by atoms with Crippen molar-refractivity contribution in [1.29, 1.82) is 0 Å². The molecule has 0 aliphatic carbocycles. The first-order valence-corrected chi connectivity index (χ1v) is 18.5. The van der Waals surface area contributed by atoms with E-state index in [9.17, 15) is 27.6 Å². The third-order valence-electron chi connectivity index (χ3n) is 9.95. The van der Waals surface area contributed by atoms with Gasteiger partial charge in [0.2, 0.25) is 17.7 Å². The Kier molecular flexibility index (Phi) is 13.9. The molecule has 5 rings (SSSR count). The molecule has 1 heterocycles. The van der Waals surface area contributed by atoms with E-state index in [0.717, 1.165) is 40.1 Å². The predicted molar refractivity (Wildman–Crippen MR) is 209 cm³/mol. The molecular weight excluding hydrogens is 706 g/mol. The largest absolute Gasteiger partial charge is 0.416 e. The average molecular weight is 755 g/mol. The van der Waals surface area contributed by atoms with Gasteiger partial charge in [0.1, 0.15) is 6.04 Å². The number of hydrogen-bond donors (Lipinski definition) is 0. The summed E-state index contributed by atoms with van der Waals surface area (Å²) in [6, 6.07) is 27.1. The van der Waals surface area contributed by atoms with E-state index in [2.05, 4.69) is 11.0 Å². The van der Waals surface area contributed by atoms with Crippen molar-refractivity contribution in [2.24, 2.45) is 0 Å². The lowest BCUT2D eigenvalue weighted by molar-refractivity contribution is -0.143. The topological polar surface area (TPSA) is 73.4 Å². The van der Waals surface area contributed by atoms with Gasteiger partial charge in [-0.05, 0) is 72.0 Å². The Bertz CT molecular complexity index is 1920. The van der Waals surface area contributed by atoms with Crippen molar-refractivity contribution >= 4 is 29.5 Å². The van der Waals surface area contributed by atoms with Crippen LogP contribution in [0.25, 0.3) is 6.08 Å². The minimum absolute atomic E-state index is 0.0576. The van der Waals surface area contributed by atoms with E-state index in [0.29, 0.717) is 44.9 Å². The van der Waals surface area contributed by atoms with Crippen LogP contribution < -0.4 is 4.90 Å².